The van der Waals surface area contributed by atoms with Gasteiger partial charge >= 0.3 is 0 Å². The second-order valence-corrected chi connectivity index (χ2v) is 5.09. The number of rotatable bonds is 4. The molecule has 1 unspecified atom stereocenters. The molecule has 1 atom stereocenters. The monoisotopic (exact) mass is 282 g/mol. The lowest BCUT2D eigenvalue weighted by molar-refractivity contribution is -0.122. The molecular weight excluding hydrogens is 264 g/mol. The Hall–Kier alpha value is -2.33. The number of hydrogen-bond acceptors (Lipinski definition) is 3. The molecule has 0 radical (unpaired) electrons. The first-order valence-corrected chi connectivity index (χ1v) is 7.09. The van der Waals surface area contributed by atoms with Gasteiger partial charge in [-0.3, -0.25) is 4.79 Å². The van der Waals surface area contributed by atoms with Crippen molar-refractivity contribution in [3.05, 3.63) is 60.2 Å². The summed E-state index contributed by atoms with van der Waals surface area (Å²) in [6.45, 7) is 0.805. The van der Waals surface area contributed by atoms with E-state index in [0.29, 0.717) is 0 Å². The van der Waals surface area contributed by atoms with Crippen LogP contribution in [0.3, 0.4) is 0 Å². The fourth-order valence-corrected chi connectivity index (χ4v) is 2.44. The van der Waals surface area contributed by atoms with E-state index in [-0.39, 0.29) is 18.6 Å². The Morgan fingerprint density at radius 1 is 1.14 bits per heavy atom. The van der Waals surface area contributed by atoms with Gasteiger partial charge < -0.3 is 15.4 Å². The van der Waals surface area contributed by atoms with E-state index in [0.717, 1.165) is 24.3 Å². The van der Waals surface area contributed by atoms with Crippen LogP contribution < -0.4 is 10.6 Å². The fourth-order valence-electron chi connectivity index (χ4n) is 2.44. The van der Waals surface area contributed by atoms with Crippen molar-refractivity contribution in [1.29, 1.82) is 0 Å². The second-order valence-electron chi connectivity index (χ2n) is 5.09. The predicted octanol–water partition coefficient (Wildman–Crippen LogP) is 2.68. The van der Waals surface area contributed by atoms with Crippen LogP contribution in [-0.2, 0) is 16.0 Å². The molecule has 1 amide bonds. The van der Waals surface area contributed by atoms with Gasteiger partial charge in [-0.05, 0) is 23.8 Å². The maximum Gasteiger partial charge on any atom is 0.250 e. The number of hydrogen-bond donors (Lipinski definition) is 2. The molecule has 2 aromatic rings. The first kappa shape index (κ1) is 13.6. The summed E-state index contributed by atoms with van der Waals surface area (Å²) in [5.74, 6) is -0.125. The van der Waals surface area contributed by atoms with E-state index in [4.69, 9.17) is 4.74 Å². The third kappa shape index (κ3) is 3.61. The van der Waals surface area contributed by atoms with Gasteiger partial charge in [0, 0.05) is 24.3 Å². The minimum Gasteiger partial charge on any atom is -0.382 e. The van der Waals surface area contributed by atoms with E-state index in [9.17, 15) is 4.79 Å². The largest absolute Gasteiger partial charge is 0.382 e. The van der Waals surface area contributed by atoms with Gasteiger partial charge in [-0.25, -0.2) is 0 Å². The number of carbonyl (C=O) groups is 1. The number of ether oxygens (including phenoxy) is 1. The van der Waals surface area contributed by atoms with Gasteiger partial charge in [-0.2, -0.15) is 0 Å². The van der Waals surface area contributed by atoms with Gasteiger partial charge in [0.15, 0.2) is 0 Å². The third-order valence-electron chi connectivity index (χ3n) is 3.49. The minimum atomic E-state index is -0.125. The van der Waals surface area contributed by atoms with E-state index in [1.54, 1.807) is 0 Å². The molecule has 3 rings (SSSR count). The van der Waals surface area contributed by atoms with E-state index in [1.807, 2.05) is 42.5 Å². The smallest absolute Gasteiger partial charge is 0.250 e. The zero-order chi connectivity index (χ0) is 14.5. The SMILES string of the molecule is O=C(COC1CNc2ccccc2C1)Nc1ccccc1. The van der Waals surface area contributed by atoms with Gasteiger partial charge in [0.05, 0.1) is 6.10 Å². The van der Waals surface area contributed by atoms with Crippen LogP contribution in [0.2, 0.25) is 0 Å². The van der Waals surface area contributed by atoms with Crippen molar-refractivity contribution in [2.45, 2.75) is 12.5 Å². The van der Waals surface area contributed by atoms with E-state index in [2.05, 4.69) is 22.8 Å². The lowest BCUT2D eigenvalue weighted by Crippen LogP contribution is -2.33. The number of para-hydroxylation sites is 2. The molecule has 0 saturated heterocycles. The number of amides is 1. The summed E-state index contributed by atoms with van der Waals surface area (Å²) in [5, 5.41) is 6.15. The van der Waals surface area contributed by atoms with Crippen LogP contribution in [0.4, 0.5) is 11.4 Å². The molecule has 0 saturated carbocycles. The van der Waals surface area contributed by atoms with E-state index in [1.165, 1.54) is 5.56 Å². The topological polar surface area (TPSA) is 50.4 Å². The summed E-state index contributed by atoms with van der Waals surface area (Å²) in [4.78, 5) is 11.8. The molecule has 108 valence electrons. The molecule has 1 heterocycles. The van der Waals surface area contributed by atoms with Crippen LogP contribution in [0.25, 0.3) is 0 Å². The normalized spacial score (nSPS) is 16.7. The highest BCUT2D eigenvalue weighted by atomic mass is 16.5. The lowest BCUT2D eigenvalue weighted by atomic mass is 10.0. The first-order valence-electron chi connectivity index (χ1n) is 7.09. The molecule has 21 heavy (non-hydrogen) atoms. The highest BCUT2D eigenvalue weighted by Crippen LogP contribution is 2.22. The van der Waals surface area contributed by atoms with Crippen molar-refractivity contribution >= 4 is 17.3 Å². The fraction of sp³-hybridized carbons (Fsp3) is 0.235. The Labute approximate surface area is 124 Å². The zero-order valence-electron chi connectivity index (χ0n) is 11.7. The van der Waals surface area contributed by atoms with E-state index < -0.39 is 0 Å². The Kier molecular flexibility index (Phi) is 4.17. The van der Waals surface area contributed by atoms with Crippen molar-refractivity contribution in [3.63, 3.8) is 0 Å². The zero-order valence-corrected chi connectivity index (χ0v) is 11.7. The molecule has 1 aliphatic rings. The maximum atomic E-state index is 11.8. The average Bonchev–Trinajstić information content (AvgIpc) is 2.54. The van der Waals surface area contributed by atoms with E-state index >= 15 is 0 Å². The van der Waals surface area contributed by atoms with Crippen LogP contribution in [0, 0.1) is 0 Å². The number of fused-ring (bicyclic) bond motifs is 1. The van der Waals surface area contributed by atoms with Gasteiger partial charge in [-0.15, -0.1) is 0 Å². The number of benzene rings is 2. The molecule has 4 heteroatoms. The van der Waals surface area contributed by atoms with Crippen molar-refractivity contribution in [2.24, 2.45) is 0 Å². The van der Waals surface area contributed by atoms with Gasteiger partial charge in [0.2, 0.25) is 5.91 Å². The minimum absolute atomic E-state index is 0.0291. The quantitative estimate of drug-likeness (QED) is 0.906. The maximum absolute atomic E-state index is 11.8. The molecule has 0 aliphatic carbocycles. The Bertz CT molecular complexity index is 613. The van der Waals surface area contributed by atoms with Gasteiger partial charge in [0.25, 0.3) is 0 Å². The summed E-state index contributed by atoms with van der Waals surface area (Å²) in [7, 11) is 0. The second kappa shape index (κ2) is 6.41. The highest BCUT2D eigenvalue weighted by Gasteiger charge is 2.19. The Balaban J connectivity index is 1.49. The van der Waals surface area contributed by atoms with Crippen LogP contribution in [0.5, 0.6) is 0 Å². The number of anilines is 2. The molecular formula is C17H18N2O2. The van der Waals surface area contributed by atoms with Crippen LogP contribution >= 0.6 is 0 Å². The number of carbonyl (C=O) groups excluding carboxylic acids is 1. The summed E-state index contributed by atoms with van der Waals surface area (Å²) < 4.78 is 5.70. The molecule has 0 bridgehead atoms. The average molecular weight is 282 g/mol. The summed E-state index contributed by atoms with van der Waals surface area (Å²) in [5.41, 5.74) is 3.18. The van der Waals surface area contributed by atoms with Gasteiger partial charge in [0.1, 0.15) is 6.61 Å². The molecule has 0 spiro atoms. The summed E-state index contributed by atoms with van der Waals surface area (Å²) in [6.07, 6.45) is 0.864. The summed E-state index contributed by atoms with van der Waals surface area (Å²) in [6, 6.07) is 17.6. The first-order chi connectivity index (χ1) is 10.3. The highest BCUT2D eigenvalue weighted by molar-refractivity contribution is 5.91. The molecule has 0 aromatic heterocycles. The van der Waals surface area contributed by atoms with Crippen LogP contribution in [0.1, 0.15) is 5.56 Å². The predicted molar refractivity (Wildman–Crippen MR) is 83.4 cm³/mol. The molecule has 1 aliphatic heterocycles. The van der Waals surface area contributed by atoms with Crippen molar-refractivity contribution in [1.82, 2.24) is 0 Å². The van der Waals surface area contributed by atoms with Gasteiger partial charge in [-0.1, -0.05) is 36.4 Å². The van der Waals surface area contributed by atoms with Crippen LogP contribution in [-0.4, -0.2) is 25.2 Å². The van der Waals surface area contributed by atoms with Crippen molar-refractivity contribution in [2.75, 3.05) is 23.8 Å². The number of nitrogens with one attached hydrogen (secondary N) is 2. The van der Waals surface area contributed by atoms with Crippen molar-refractivity contribution < 1.29 is 9.53 Å². The Morgan fingerprint density at radius 3 is 2.76 bits per heavy atom. The third-order valence-corrected chi connectivity index (χ3v) is 3.49. The van der Waals surface area contributed by atoms with Crippen molar-refractivity contribution in [3.8, 4) is 0 Å². The summed E-state index contributed by atoms with van der Waals surface area (Å²) >= 11 is 0. The molecule has 2 aromatic carbocycles. The standard InChI is InChI=1S/C17H18N2O2/c20-17(19-14-7-2-1-3-8-14)12-21-15-10-13-6-4-5-9-16(13)18-11-15/h1-9,15,18H,10-12H2,(H,19,20). The molecule has 0 fully saturated rings. The Morgan fingerprint density at radius 2 is 1.90 bits per heavy atom. The molecule has 2 N–H and O–H groups in total. The lowest BCUT2D eigenvalue weighted by Gasteiger charge is -2.26. The molecule has 4 nitrogen and oxygen atoms in total. The van der Waals surface area contributed by atoms with Crippen LogP contribution in [0.15, 0.2) is 54.6 Å².